The molecular weight excluding hydrogens is 290 g/mol. The molecule has 2 N–H and O–H groups in total. The Balaban J connectivity index is 2.42. The molecule has 0 fully saturated rings. The van der Waals surface area contributed by atoms with Gasteiger partial charge in [-0.15, -0.1) is 0 Å². The predicted molar refractivity (Wildman–Crippen MR) is 83.6 cm³/mol. The molecule has 0 bridgehead atoms. The van der Waals surface area contributed by atoms with Crippen LogP contribution in [-0.4, -0.2) is 21.3 Å². The highest BCUT2D eigenvalue weighted by atomic mass is 35.5. The molecule has 2 aromatic rings. The van der Waals surface area contributed by atoms with Crippen molar-refractivity contribution in [3.63, 3.8) is 0 Å². The molecule has 5 heteroatoms. The van der Waals surface area contributed by atoms with Crippen LogP contribution in [0.25, 0.3) is 0 Å². The van der Waals surface area contributed by atoms with E-state index >= 15 is 0 Å². The third-order valence-corrected chi connectivity index (χ3v) is 3.68. The van der Waals surface area contributed by atoms with Crippen molar-refractivity contribution in [1.82, 2.24) is 0 Å². The number of hydrogen-bond acceptors (Lipinski definition) is 4. The van der Waals surface area contributed by atoms with E-state index in [2.05, 4.69) is 0 Å². The Kier molecular flexibility index (Phi) is 4.94. The molecule has 0 saturated carbocycles. The van der Waals surface area contributed by atoms with E-state index < -0.39 is 0 Å². The lowest BCUT2D eigenvalue weighted by molar-refractivity contribution is 0.390. The quantitative estimate of drug-likeness (QED) is 0.919. The van der Waals surface area contributed by atoms with Crippen LogP contribution in [0, 0.1) is 0 Å². The molecule has 0 aliphatic rings. The fraction of sp³-hybridized carbons (Fsp3) is 0.250. The zero-order valence-electron chi connectivity index (χ0n) is 12.2. The van der Waals surface area contributed by atoms with Crippen LogP contribution in [0.3, 0.4) is 0 Å². The molecular formula is C16H18ClNO3. The number of ether oxygens (including phenoxy) is 3. The summed E-state index contributed by atoms with van der Waals surface area (Å²) in [6.45, 7) is 0. The van der Waals surface area contributed by atoms with Gasteiger partial charge < -0.3 is 19.9 Å². The second-order valence-electron chi connectivity index (χ2n) is 4.46. The van der Waals surface area contributed by atoms with Gasteiger partial charge in [-0.2, -0.15) is 0 Å². The van der Waals surface area contributed by atoms with Gasteiger partial charge in [0.1, 0.15) is 22.3 Å². The maximum absolute atomic E-state index is 6.32. The van der Waals surface area contributed by atoms with Crippen LogP contribution in [0.15, 0.2) is 36.4 Å². The van der Waals surface area contributed by atoms with Crippen molar-refractivity contribution in [1.29, 1.82) is 0 Å². The van der Waals surface area contributed by atoms with Gasteiger partial charge in [0.05, 0.1) is 27.4 Å². The summed E-state index contributed by atoms with van der Waals surface area (Å²) >= 11 is 6.27. The Morgan fingerprint density at radius 2 is 1.57 bits per heavy atom. The van der Waals surface area contributed by atoms with Crippen LogP contribution in [0.1, 0.15) is 17.2 Å². The number of rotatable bonds is 5. The molecule has 4 nitrogen and oxygen atoms in total. The van der Waals surface area contributed by atoms with Crippen molar-refractivity contribution in [3.05, 3.63) is 52.5 Å². The van der Waals surface area contributed by atoms with Gasteiger partial charge in [-0.25, -0.2) is 0 Å². The summed E-state index contributed by atoms with van der Waals surface area (Å²) in [4.78, 5) is 0. The molecule has 2 aromatic carbocycles. The summed E-state index contributed by atoms with van der Waals surface area (Å²) in [5.74, 6) is 1.87. The van der Waals surface area contributed by atoms with E-state index in [1.165, 1.54) is 0 Å². The summed E-state index contributed by atoms with van der Waals surface area (Å²) in [6.07, 6.45) is 0. The maximum Gasteiger partial charge on any atom is 0.146 e. The number of benzene rings is 2. The predicted octanol–water partition coefficient (Wildman–Crippen LogP) is 3.41. The minimum absolute atomic E-state index is 0.353. The molecule has 0 spiro atoms. The number of halogens is 1. The van der Waals surface area contributed by atoms with Crippen LogP contribution in [-0.2, 0) is 0 Å². The lowest BCUT2D eigenvalue weighted by Crippen LogP contribution is -2.13. The SMILES string of the molecule is COc1ccc(C(N)c2ccc(OC)c(Cl)c2OC)cc1. The lowest BCUT2D eigenvalue weighted by atomic mass is 9.98. The average Bonchev–Trinajstić information content (AvgIpc) is 2.54. The lowest BCUT2D eigenvalue weighted by Gasteiger charge is -2.18. The molecule has 0 heterocycles. The molecule has 0 amide bonds. The van der Waals surface area contributed by atoms with E-state index in [0.717, 1.165) is 16.9 Å². The molecule has 0 saturated heterocycles. The van der Waals surface area contributed by atoms with Crippen LogP contribution in [0.4, 0.5) is 0 Å². The second-order valence-corrected chi connectivity index (χ2v) is 4.83. The van der Waals surface area contributed by atoms with Crippen molar-refractivity contribution in [3.8, 4) is 17.2 Å². The molecule has 21 heavy (non-hydrogen) atoms. The van der Waals surface area contributed by atoms with Gasteiger partial charge >= 0.3 is 0 Å². The van der Waals surface area contributed by atoms with E-state index in [1.807, 2.05) is 30.3 Å². The third kappa shape index (κ3) is 3.06. The Morgan fingerprint density at radius 3 is 2.10 bits per heavy atom. The third-order valence-electron chi connectivity index (χ3n) is 3.33. The average molecular weight is 308 g/mol. The van der Waals surface area contributed by atoms with Crippen LogP contribution >= 0.6 is 11.6 Å². The van der Waals surface area contributed by atoms with Gasteiger partial charge in [0.25, 0.3) is 0 Å². The monoisotopic (exact) mass is 307 g/mol. The molecule has 2 rings (SSSR count). The highest BCUT2D eigenvalue weighted by molar-refractivity contribution is 6.33. The fourth-order valence-electron chi connectivity index (χ4n) is 2.15. The van der Waals surface area contributed by atoms with E-state index in [9.17, 15) is 0 Å². The standard InChI is InChI=1S/C16H18ClNO3/c1-19-11-6-4-10(5-7-11)15(18)12-8-9-13(20-2)14(17)16(12)21-3/h4-9,15H,18H2,1-3H3. The highest BCUT2D eigenvalue weighted by Crippen LogP contribution is 2.40. The first kappa shape index (κ1) is 15.5. The van der Waals surface area contributed by atoms with Crippen molar-refractivity contribution < 1.29 is 14.2 Å². The zero-order valence-corrected chi connectivity index (χ0v) is 13.0. The van der Waals surface area contributed by atoms with Gasteiger partial charge in [0, 0.05) is 5.56 Å². The highest BCUT2D eigenvalue weighted by Gasteiger charge is 2.19. The summed E-state index contributed by atoms with van der Waals surface area (Å²) < 4.78 is 15.7. The molecule has 112 valence electrons. The zero-order chi connectivity index (χ0) is 15.4. The number of nitrogens with two attached hydrogens (primary N) is 1. The smallest absolute Gasteiger partial charge is 0.146 e. The summed E-state index contributed by atoms with van der Waals surface area (Å²) in [5, 5.41) is 0.418. The second kappa shape index (κ2) is 6.70. The summed E-state index contributed by atoms with van der Waals surface area (Å²) in [7, 11) is 4.75. The van der Waals surface area contributed by atoms with Crippen LogP contribution in [0.2, 0.25) is 5.02 Å². The Labute approximate surface area is 129 Å². The maximum atomic E-state index is 6.32. The van der Waals surface area contributed by atoms with Gasteiger partial charge in [0.15, 0.2) is 0 Å². The number of hydrogen-bond donors (Lipinski definition) is 1. The topological polar surface area (TPSA) is 53.7 Å². The first-order chi connectivity index (χ1) is 10.1. The van der Waals surface area contributed by atoms with E-state index in [4.69, 9.17) is 31.5 Å². The van der Waals surface area contributed by atoms with Gasteiger partial charge in [-0.1, -0.05) is 23.7 Å². The van der Waals surface area contributed by atoms with Crippen LogP contribution < -0.4 is 19.9 Å². The molecule has 0 radical (unpaired) electrons. The normalized spacial score (nSPS) is 11.9. The molecule has 0 aromatic heterocycles. The first-order valence-corrected chi connectivity index (χ1v) is 6.80. The summed E-state index contributed by atoms with van der Waals surface area (Å²) in [5.41, 5.74) is 8.06. The minimum Gasteiger partial charge on any atom is -0.497 e. The molecule has 0 aliphatic carbocycles. The van der Waals surface area contributed by atoms with Gasteiger partial charge in [-0.3, -0.25) is 0 Å². The largest absolute Gasteiger partial charge is 0.497 e. The van der Waals surface area contributed by atoms with Gasteiger partial charge in [-0.05, 0) is 29.8 Å². The van der Waals surface area contributed by atoms with Crippen molar-refractivity contribution in [2.75, 3.05) is 21.3 Å². The van der Waals surface area contributed by atoms with E-state index in [0.29, 0.717) is 16.5 Å². The van der Waals surface area contributed by atoms with E-state index in [-0.39, 0.29) is 6.04 Å². The minimum atomic E-state index is -0.353. The van der Waals surface area contributed by atoms with Crippen molar-refractivity contribution in [2.45, 2.75) is 6.04 Å². The fourth-order valence-corrected chi connectivity index (χ4v) is 2.48. The molecule has 1 unspecified atom stereocenters. The number of methoxy groups -OCH3 is 3. The van der Waals surface area contributed by atoms with Crippen molar-refractivity contribution >= 4 is 11.6 Å². The van der Waals surface area contributed by atoms with Crippen LogP contribution in [0.5, 0.6) is 17.2 Å². The first-order valence-electron chi connectivity index (χ1n) is 6.42. The van der Waals surface area contributed by atoms with E-state index in [1.54, 1.807) is 27.4 Å². The Morgan fingerprint density at radius 1 is 0.905 bits per heavy atom. The Bertz CT molecular complexity index is 614. The van der Waals surface area contributed by atoms with Gasteiger partial charge in [0.2, 0.25) is 0 Å². The molecule has 0 aliphatic heterocycles. The van der Waals surface area contributed by atoms with Crippen molar-refractivity contribution in [2.24, 2.45) is 5.73 Å². The molecule has 1 atom stereocenters. The Hall–Kier alpha value is -1.91. The summed E-state index contributed by atoms with van der Waals surface area (Å²) in [6, 6.07) is 10.9.